The van der Waals surface area contributed by atoms with Gasteiger partial charge in [0.2, 0.25) is 11.8 Å². The standard InChI is InChI=1S/C21H24FN5O2/c1-13-18(14(2)27(25-13)17-8-6-16(22)7-9-17)12-19(28)24-21(10-4-5-11-21)20-23-15(3)29-26-20/h6-9H,4-5,10-12H2,1-3H3,(H,24,28). The van der Waals surface area contributed by atoms with Crippen LogP contribution in [0.25, 0.3) is 5.69 Å². The molecule has 8 heteroatoms. The van der Waals surface area contributed by atoms with Gasteiger partial charge >= 0.3 is 0 Å². The van der Waals surface area contributed by atoms with E-state index in [-0.39, 0.29) is 18.1 Å². The summed E-state index contributed by atoms with van der Waals surface area (Å²) in [7, 11) is 0. The van der Waals surface area contributed by atoms with E-state index >= 15 is 0 Å². The fraction of sp³-hybridized carbons (Fsp3) is 0.429. The first-order valence-electron chi connectivity index (χ1n) is 9.81. The van der Waals surface area contributed by atoms with Gasteiger partial charge in [-0.3, -0.25) is 4.79 Å². The van der Waals surface area contributed by atoms with Crippen molar-refractivity contribution in [3.63, 3.8) is 0 Å². The van der Waals surface area contributed by atoms with Crippen LogP contribution in [0.3, 0.4) is 0 Å². The minimum atomic E-state index is -0.566. The van der Waals surface area contributed by atoms with Crippen LogP contribution in [0.2, 0.25) is 0 Å². The molecule has 29 heavy (non-hydrogen) atoms. The minimum absolute atomic E-state index is 0.0980. The predicted octanol–water partition coefficient (Wildman–Crippen LogP) is 3.45. The quantitative estimate of drug-likeness (QED) is 0.713. The first kappa shape index (κ1) is 19.3. The molecule has 0 saturated heterocycles. The Labute approximate surface area is 168 Å². The third-order valence-corrected chi connectivity index (χ3v) is 5.64. The van der Waals surface area contributed by atoms with Crippen molar-refractivity contribution in [1.82, 2.24) is 25.2 Å². The number of nitrogens with zero attached hydrogens (tertiary/aromatic N) is 4. The summed E-state index contributed by atoms with van der Waals surface area (Å²) in [6.07, 6.45) is 3.81. The van der Waals surface area contributed by atoms with E-state index in [0.29, 0.717) is 11.7 Å². The Balaban J connectivity index is 1.56. The van der Waals surface area contributed by atoms with Gasteiger partial charge in [0, 0.05) is 18.2 Å². The monoisotopic (exact) mass is 397 g/mol. The second-order valence-corrected chi connectivity index (χ2v) is 7.69. The number of hydrogen-bond acceptors (Lipinski definition) is 5. The zero-order valence-electron chi connectivity index (χ0n) is 16.8. The van der Waals surface area contributed by atoms with Gasteiger partial charge in [0.1, 0.15) is 11.4 Å². The number of amides is 1. The number of aromatic nitrogens is 4. The molecule has 2 aromatic heterocycles. The average molecular weight is 397 g/mol. The van der Waals surface area contributed by atoms with Crippen LogP contribution in [-0.2, 0) is 16.8 Å². The van der Waals surface area contributed by atoms with Crippen molar-refractivity contribution >= 4 is 5.91 Å². The van der Waals surface area contributed by atoms with Crippen molar-refractivity contribution < 1.29 is 13.7 Å². The summed E-state index contributed by atoms with van der Waals surface area (Å²) in [5, 5.41) is 11.8. The number of benzene rings is 1. The van der Waals surface area contributed by atoms with Gasteiger partial charge in [-0.2, -0.15) is 10.1 Å². The maximum absolute atomic E-state index is 13.2. The Bertz CT molecular complexity index is 1030. The fourth-order valence-electron chi connectivity index (χ4n) is 4.11. The van der Waals surface area contributed by atoms with E-state index in [4.69, 9.17) is 4.52 Å². The zero-order valence-corrected chi connectivity index (χ0v) is 16.8. The van der Waals surface area contributed by atoms with Crippen LogP contribution in [0.1, 0.15) is 54.3 Å². The van der Waals surface area contributed by atoms with Crippen molar-refractivity contribution in [1.29, 1.82) is 0 Å². The number of halogens is 1. The molecule has 3 aromatic rings. The Hall–Kier alpha value is -3.03. The Morgan fingerprint density at radius 2 is 1.90 bits per heavy atom. The molecule has 1 aliphatic rings. The summed E-state index contributed by atoms with van der Waals surface area (Å²) in [6.45, 7) is 5.54. The molecule has 0 bridgehead atoms. The molecule has 4 rings (SSSR count). The summed E-state index contributed by atoms with van der Waals surface area (Å²) in [5.41, 5.74) is 2.69. The number of rotatable bonds is 5. The lowest BCUT2D eigenvalue weighted by molar-refractivity contribution is -0.122. The van der Waals surface area contributed by atoms with Crippen molar-refractivity contribution in [2.75, 3.05) is 0 Å². The maximum atomic E-state index is 13.2. The van der Waals surface area contributed by atoms with E-state index in [0.717, 1.165) is 48.3 Å². The summed E-state index contributed by atoms with van der Waals surface area (Å²) >= 11 is 0. The molecule has 0 spiro atoms. The molecule has 0 radical (unpaired) electrons. The lowest BCUT2D eigenvalue weighted by atomic mass is 9.95. The molecule has 7 nitrogen and oxygen atoms in total. The first-order chi connectivity index (χ1) is 13.9. The van der Waals surface area contributed by atoms with Crippen molar-refractivity contribution in [2.45, 2.75) is 58.4 Å². The molecule has 1 aromatic carbocycles. The highest BCUT2D eigenvalue weighted by Gasteiger charge is 2.41. The molecule has 1 aliphatic carbocycles. The van der Waals surface area contributed by atoms with Crippen LogP contribution < -0.4 is 5.32 Å². The van der Waals surface area contributed by atoms with Crippen LogP contribution in [0.15, 0.2) is 28.8 Å². The SMILES string of the molecule is Cc1nc(C2(NC(=O)Cc3c(C)nn(-c4ccc(F)cc4)c3C)CCCC2)no1. The van der Waals surface area contributed by atoms with Gasteiger partial charge in [0.05, 0.1) is 17.8 Å². The predicted molar refractivity (Wildman–Crippen MR) is 104 cm³/mol. The molecule has 2 heterocycles. The third kappa shape index (κ3) is 3.66. The second kappa shape index (κ2) is 7.42. The molecular formula is C21H24FN5O2. The van der Waals surface area contributed by atoms with E-state index in [1.54, 1.807) is 23.7 Å². The van der Waals surface area contributed by atoms with E-state index in [9.17, 15) is 9.18 Å². The van der Waals surface area contributed by atoms with Crippen LogP contribution in [-0.4, -0.2) is 25.8 Å². The number of aryl methyl sites for hydroxylation is 2. The van der Waals surface area contributed by atoms with Crippen LogP contribution >= 0.6 is 0 Å². The molecule has 1 amide bonds. The molecule has 0 atom stereocenters. The van der Waals surface area contributed by atoms with E-state index in [1.807, 2.05) is 13.8 Å². The molecule has 1 saturated carbocycles. The topological polar surface area (TPSA) is 85.8 Å². The van der Waals surface area contributed by atoms with E-state index < -0.39 is 5.54 Å². The summed E-state index contributed by atoms with van der Waals surface area (Å²) < 4.78 is 20.1. The van der Waals surface area contributed by atoms with Gasteiger partial charge in [0.25, 0.3) is 0 Å². The van der Waals surface area contributed by atoms with E-state index in [1.165, 1.54) is 12.1 Å². The molecule has 0 unspecified atom stereocenters. The van der Waals surface area contributed by atoms with Gasteiger partial charge in [-0.15, -0.1) is 0 Å². The Morgan fingerprint density at radius 3 is 2.52 bits per heavy atom. The van der Waals surface area contributed by atoms with Gasteiger partial charge in [-0.1, -0.05) is 18.0 Å². The van der Waals surface area contributed by atoms with Gasteiger partial charge in [0.15, 0.2) is 5.82 Å². The van der Waals surface area contributed by atoms with Crippen LogP contribution in [0.4, 0.5) is 4.39 Å². The van der Waals surface area contributed by atoms with Crippen LogP contribution in [0, 0.1) is 26.6 Å². The van der Waals surface area contributed by atoms with Crippen LogP contribution in [0.5, 0.6) is 0 Å². The first-order valence-corrected chi connectivity index (χ1v) is 9.81. The summed E-state index contributed by atoms with van der Waals surface area (Å²) in [5.74, 6) is 0.650. The highest BCUT2D eigenvalue weighted by atomic mass is 19.1. The number of carbonyl (C=O) groups excluding carboxylic acids is 1. The fourth-order valence-corrected chi connectivity index (χ4v) is 4.11. The largest absolute Gasteiger partial charge is 0.343 e. The molecule has 0 aliphatic heterocycles. The van der Waals surface area contributed by atoms with E-state index in [2.05, 4.69) is 20.6 Å². The van der Waals surface area contributed by atoms with Gasteiger partial charge < -0.3 is 9.84 Å². The molecular weight excluding hydrogens is 373 g/mol. The second-order valence-electron chi connectivity index (χ2n) is 7.69. The highest BCUT2D eigenvalue weighted by molar-refractivity contribution is 5.80. The normalized spacial score (nSPS) is 15.6. The van der Waals surface area contributed by atoms with Crippen molar-refractivity contribution in [2.24, 2.45) is 0 Å². The lowest BCUT2D eigenvalue weighted by Gasteiger charge is -2.26. The molecule has 152 valence electrons. The smallest absolute Gasteiger partial charge is 0.225 e. The third-order valence-electron chi connectivity index (χ3n) is 5.64. The lowest BCUT2D eigenvalue weighted by Crippen LogP contribution is -2.45. The minimum Gasteiger partial charge on any atom is -0.343 e. The Kier molecular flexibility index (Phi) is 4.94. The number of nitrogens with one attached hydrogen (secondary N) is 1. The van der Waals surface area contributed by atoms with Crippen molar-refractivity contribution in [3.8, 4) is 5.69 Å². The van der Waals surface area contributed by atoms with Gasteiger partial charge in [-0.05, 0) is 51.0 Å². The molecule has 1 fully saturated rings. The average Bonchev–Trinajstić information content (AvgIpc) is 3.39. The van der Waals surface area contributed by atoms with Gasteiger partial charge in [-0.25, -0.2) is 9.07 Å². The highest BCUT2D eigenvalue weighted by Crippen LogP contribution is 2.37. The summed E-state index contributed by atoms with van der Waals surface area (Å²) in [6, 6.07) is 6.14. The van der Waals surface area contributed by atoms with Crippen molar-refractivity contribution in [3.05, 3.63) is 58.7 Å². The number of carbonyl (C=O) groups is 1. The molecule has 1 N–H and O–H groups in total. The maximum Gasteiger partial charge on any atom is 0.225 e. The Morgan fingerprint density at radius 1 is 1.21 bits per heavy atom. The summed E-state index contributed by atoms with van der Waals surface area (Å²) in [4.78, 5) is 17.3. The number of hydrogen-bond donors (Lipinski definition) is 1. The zero-order chi connectivity index (χ0) is 20.6.